The SMILES string of the molecule is CCCCC1(CCCC)CSc2cc(O)ccc2C(C2=CCCCC2)=N1. The Morgan fingerprint density at radius 1 is 1.12 bits per heavy atom. The molecule has 26 heavy (non-hydrogen) atoms. The molecule has 1 aromatic rings. The quantitative estimate of drug-likeness (QED) is 0.565. The number of fused-ring (bicyclic) bond motifs is 1. The van der Waals surface area contributed by atoms with E-state index < -0.39 is 0 Å². The Bertz CT molecular complexity index is 669. The molecule has 0 aromatic heterocycles. The van der Waals surface area contributed by atoms with Crippen LogP contribution in [0.5, 0.6) is 5.75 Å². The van der Waals surface area contributed by atoms with Crippen molar-refractivity contribution in [3.8, 4) is 5.75 Å². The number of aromatic hydroxyl groups is 1. The van der Waals surface area contributed by atoms with Crippen LogP contribution in [0.25, 0.3) is 0 Å². The molecule has 3 heteroatoms. The number of rotatable bonds is 7. The average molecular weight is 372 g/mol. The van der Waals surface area contributed by atoms with Crippen LogP contribution in [-0.2, 0) is 0 Å². The molecule has 0 atom stereocenters. The van der Waals surface area contributed by atoms with Crippen LogP contribution in [0.2, 0.25) is 0 Å². The number of phenols is 1. The molecule has 2 aliphatic rings. The minimum Gasteiger partial charge on any atom is -0.508 e. The van der Waals surface area contributed by atoms with Crippen LogP contribution < -0.4 is 0 Å². The van der Waals surface area contributed by atoms with E-state index in [1.807, 2.05) is 23.9 Å². The van der Waals surface area contributed by atoms with Crippen LogP contribution in [0.15, 0.2) is 39.7 Å². The van der Waals surface area contributed by atoms with Gasteiger partial charge in [0.15, 0.2) is 0 Å². The molecule has 0 saturated heterocycles. The second-order valence-corrected chi connectivity index (χ2v) is 8.85. The Morgan fingerprint density at radius 3 is 2.54 bits per heavy atom. The molecule has 2 nitrogen and oxygen atoms in total. The van der Waals surface area contributed by atoms with Gasteiger partial charge in [0.05, 0.1) is 11.3 Å². The monoisotopic (exact) mass is 371 g/mol. The Morgan fingerprint density at radius 2 is 1.88 bits per heavy atom. The van der Waals surface area contributed by atoms with Crippen LogP contribution >= 0.6 is 11.8 Å². The summed E-state index contributed by atoms with van der Waals surface area (Å²) in [4.78, 5) is 6.72. The van der Waals surface area contributed by atoms with Gasteiger partial charge in [-0.25, -0.2) is 0 Å². The predicted molar refractivity (Wildman–Crippen MR) is 114 cm³/mol. The molecule has 1 aliphatic heterocycles. The number of benzene rings is 1. The van der Waals surface area contributed by atoms with Gasteiger partial charge in [-0.15, -0.1) is 11.8 Å². The molecule has 0 fully saturated rings. The van der Waals surface area contributed by atoms with E-state index in [9.17, 15) is 5.11 Å². The number of allylic oxidation sites excluding steroid dienone is 2. The molecule has 1 N–H and O–H groups in total. The van der Waals surface area contributed by atoms with Crippen LogP contribution in [0.1, 0.15) is 83.6 Å². The number of hydrogen-bond donors (Lipinski definition) is 1. The van der Waals surface area contributed by atoms with Crippen molar-refractivity contribution in [1.82, 2.24) is 0 Å². The highest BCUT2D eigenvalue weighted by Crippen LogP contribution is 2.41. The predicted octanol–water partition coefficient (Wildman–Crippen LogP) is 6.91. The molecule has 142 valence electrons. The topological polar surface area (TPSA) is 32.6 Å². The Hall–Kier alpha value is -1.22. The van der Waals surface area contributed by atoms with Gasteiger partial charge in [0.25, 0.3) is 0 Å². The van der Waals surface area contributed by atoms with Crippen LogP contribution in [0, 0.1) is 0 Å². The van der Waals surface area contributed by atoms with Crippen molar-refractivity contribution in [3.05, 3.63) is 35.4 Å². The summed E-state index contributed by atoms with van der Waals surface area (Å²) >= 11 is 1.90. The molecule has 0 bridgehead atoms. The van der Waals surface area contributed by atoms with Crippen LogP contribution in [-0.4, -0.2) is 22.1 Å². The van der Waals surface area contributed by atoms with E-state index in [4.69, 9.17) is 4.99 Å². The summed E-state index contributed by atoms with van der Waals surface area (Å²) in [7, 11) is 0. The molecule has 1 heterocycles. The van der Waals surface area contributed by atoms with Gasteiger partial charge < -0.3 is 5.11 Å². The first-order chi connectivity index (χ1) is 12.7. The second-order valence-electron chi connectivity index (χ2n) is 7.84. The first-order valence-corrected chi connectivity index (χ1v) is 11.4. The maximum absolute atomic E-state index is 10.0. The van der Waals surface area contributed by atoms with Crippen molar-refractivity contribution in [3.63, 3.8) is 0 Å². The van der Waals surface area contributed by atoms with E-state index >= 15 is 0 Å². The zero-order valence-electron chi connectivity index (χ0n) is 16.4. The van der Waals surface area contributed by atoms with E-state index in [1.54, 1.807) is 0 Å². The molecular weight excluding hydrogens is 338 g/mol. The third-order valence-electron chi connectivity index (χ3n) is 5.65. The van der Waals surface area contributed by atoms with E-state index in [0.29, 0.717) is 5.75 Å². The fourth-order valence-corrected chi connectivity index (χ4v) is 5.36. The lowest BCUT2D eigenvalue weighted by atomic mass is 9.87. The van der Waals surface area contributed by atoms with Crippen molar-refractivity contribution >= 4 is 17.5 Å². The summed E-state index contributed by atoms with van der Waals surface area (Å²) in [6.45, 7) is 4.55. The van der Waals surface area contributed by atoms with Crippen molar-refractivity contribution in [2.24, 2.45) is 4.99 Å². The van der Waals surface area contributed by atoms with E-state index in [0.717, 1.165) is 12.2 Å². The summed E-state index contributed by atoms with van der Waals surface area (Å²) in [5.74, 6) is 1.39. The number of nitrogens with zero attached hydrogens (tertiary/aromatic N) is 1. The number of thioether (sulfide) groups is 1. The summed E-state index contributed by atoms with van der Waals surface area (Å²) in [5.41, 5.74) is 3.93. The minimum atomic E-state index is 0.0406. The second kappa shape index (κ2) is 9.12. The number of aliphatic imine (C=N–C) groups is 1. The smallest absolute Gasteiger partial charge is 0.116 e. The lowest BCUT2D eigenvalue weighted by molar-refractivity contribution is 0.386. The zero-order chi connectivity index (χ0) is 18.4. The molecule has 0 spiro atoms. The molecule has 1 aromatic carbocycles. The zero-order valence-corrected chi connectivity index (χ0v) is 17.2. The van der Waals surface area contributed by atoms with Gasteiger partial charge in [0.1, 0.15) is 5.75 Å². The van der Waals surface area contributed by atoms with Crippen molar-refractivity contribution in [2.75, 3.05) is 5.75 Å². The number of hydrogen-bond acceptors (Lipinski definition) is 3. The lowest BCUT2D eigenvalue weighted by Crippen LogP contribution is -2.31. The Labute approximate surface area is 163 Å². The Kier molecular flexibility index (Phi) is 6.86. The summed E-state index contributed by atoms with van der Waals surface area (Å²) in [5, 5.41) is 10.0. The molecule has 1 aliphatic carbocycles. The molecular formula is C23H33NOS. The highest BCUT2D eigenvalue weighted by atomic mass is 32.2. The van der Waals surface area contributed by atoms with Crippen molar-refractivity contribution < 1.29 is 5.11 Å². The Balaban J connectivity index is 2.06. The summed E-state index contributed by atoms with van der Waals surface area (Å²) in [6, 6.07) is 5.85. The fraction of sp³-hybridized carbons (Fsp3) is 0.609. The van der Waals surface area contributed by atoms with Gasteiger partial charge in [-0.3, -0.25) is 4.99 Å². The van der Waals surface area contributed by atoms with Gasteiger partial charge >= 0.3 is 0 Å². The van der Waals surface area contributed by atoms with E-state index in [2.05, 4.69) is 26.0 Å². The van der Waals surface area contributed by atoms with Gasteiger partial charge in [-0.05, 0) is 62.3 Å². The van der Waals surface area contributed by atoms with Crippen molar-refractivity contribution in [2.45, 2.75) is 88.5 Å². The maximum atomic E-state index is 10.0. The molecule has 0 amide bonds. The van der Waals surface area contributed by atoms with Crippen LogP contribution in [0.4, 0.5) is 0 Å². The molecule has 3 rings (SSSR count). The minimum absolute atomic E-state index is 0.0406. The third-order valence-corrected chi connectivity index (χ3v) is 6.98. The van der Waals surface area contributed by atoms with Gasteiger partial charge in [0, 0.05) is 16.2 Å². The largest absolute Gasteiger partial charge is 0.508 e. The maximum Gasteiger partial charge on any atom is 0.116 e. The third kappa shape index (κ3) is 4.54. The summed E-state index contributed by atoms with van der Waals surface area (Å²) < 4.78 is 0. The van der Waals surface area contributed by atoms with E-state index in [1.165, 1.54) is 79.5 Å². The highest BCUT2D eigenvalue weighted by molar-refractivity contribution is 7.99. The standard InChI is InChI=1S/C23H33NOS/c1-3-5-14-23(15-6-4-2)17-26-21-16-19(25)12-13-20(21)22(24-23)18-10-8-7-9-11-18/h10,12-13,16,25H,3-9,11,14-15,17H2,1-2H3. The molecule has 0 saturated carbocycles. The highest BCUT2D eigenvalue weighted by Gasteiger charge is 2.33. The fourth-order valence-electron chi connectivity index (χ4n) is 4.06. The van der Waals surface area contributed by atoms with Crippen molar-refractivity contribution in [1.29, 1.82) is 0 Å². The average Bonchev–Trinajstić information content (AvgIpc) is 2.83. The van der Waals surface area contributed by atoms with Gasteiger partial charge in [-0.1, -0.05) is 45.6 Å². The summed E-state index contributed by atoms with van der Waals surface area (Å²) in [6.07, 6.45) is 14.6. The first kappa shape index (κ1) is 19.5. The molecule has 0 radical (unpaired) electrons. The van der Waals surface area contributed by atoms with Gasteiger partial charge in [-0.2, -0.15) is 0 Å². The van der Waals surface area contributed by atoms with Gasteiger partial charge in [0.2, 0.25) is 0 Å². The molecule has 0 unspecified atom stereocenters. The number of phenolic OH excluding ortho intramolecular Hbond substituents is 1. The van der Waals surface area contributed by atoms with E-state index in [-0.39, 0.29) is 5.54 Å². The number of unbranched alkanes of at least 4 members (excludes halogenated alkanes) is 2. The first-order valence-electron chi connectivity index (χ1n) is 10.4. The van der Waals surface area contributed by atoms with Crippen LogP contribution in [0.3, 0.4) is 0 Å². The lowest BCUT2D eigenvalue weighted by Gasteiger charge is -2.30. The normalized spacial score (nSPS) is 19.3.